The number of hydrogen-bond donors (Lipinski definition) is 1. The molecule has 0 bridgehead atoms. The number of carbonyl (C=O) groups is 1. The molecule has 1 N–H and O–H groups in total. The van der Waals surface area contributed by atoms with Crippen molar-refractivity contribution in [3.05, 3.63) is 65.4 Å². The number of rotatable bonds is 6. The summed E-state index contributed by atoms with van der Waals surface area (Å²) in [6.07, 6.45) is 0.0398. The van der Waals surface area contributed by atoms with Gasteiger partial charge in [-0.2, -0.15) is 4.31 Å². The fourth-order valence-corrected chi connectivity index (χ4v) is 5.43. The summed E-state index contributed by atoms with van der Waals surface area (Å²) < 4.78 is 45.3. The summed E-state index contributed by atoms with van der Waals surface area (Å²) in [5.74, 6) is -0.630. The van der Waals surface area contributed by atoms with Crippen molar-refractivity contribution in [2.45, 2.75) is 11.3 Å². The van der Waals surface area contributed by atoms with Crippen LogP contribution < -0.4 is 5.32 Å². The molecule has 31 heavy (non-hydrogen) atoms. The van der Waals surface area contributed by atoms with E-state index in [1.807, 2.05) is 0 Å². The molecule has 4 rings (SSSR count). The van der Waals surface area contributed by atoms with Crippen molar-refractivity contribution in [3.8, 4) is 10.6 Å². The molecule has 1 amide bonds. The molecule has 0 spiro atoms. The van der Waals surface area contributed by atoms with Gasteiger partial charge in [0.25, 0.3) is 0 Å². The Morgan fingerprint density at radius 3 is 2.65 bits per heavy atom. The van der Waals surface area contributed by atoms with E-state index in [0.29, 0.717) is 42.7 Å². The molecule has 1 aliphatic heterocycles. The Kier molecular flexibility index (Phi) is 6.42. The molecule has 0 atom stereocenters. The number of nitrogens with one attached hydrogen (secondary N) is 1. The molecule has 2 aromatic carbocycles. The van der Waals surface area contributed by atoms with Crippen LogP contribution >= 0.6 is 11.3 Å². The van der Waals surface area contributed by atoms with Gasteiger partial charge in [0.05, 0.1) is 30.2 Å². The first-order chi connectivity index (χ1) is 14.9. The normalized spacial score (nSPS) is 15.0. The highest BCUT2D eigenvalue weighted by molar-refractivity contribution is 7.89. The predicted molar refractivity (Wildman–Crippen MR) is 116 cm³/mol. The van der Waals surface area contributed by atoms with E-state index >= 15 is 0 Å². The van der Waals surface area contributed by atoms with Crippen LogP contribution in [0.3, 0.4) is 0 Å². The van der Waals surface area contributed by atoms with Crippen LogP contribution in [0, 0.1) is 5.82 Å². The van der Waals surface area contributed by atoms with Crippen LogP contribution in [0.2, 0.25) is 0 Å². The Morgan fingerprint density at radius 1 is 1.16 bits per heavy atom. The summed E-state index contributed by atoms with van der Waals surface area (Å²) in [5, 5.41) is 5.20. The summed E-state index contributed by atoms with van der Waals surface area (Å²) in [7, 11) is -3.64. The minimum Gasteiger partial charge on any atom is -0.379 e. The van der Waals surface area contributed by atoms with Gasteiger partial charge in [0.15, 0.2) is 0 Å². The molecular weight excluding hydrogens is 441 g/mol. The average Bonchev–Trinajstić information content (AvgIpc) is 3.23. The molecule has 0 saturated carbocycles. The van der Waals surface area contributed by atoms with Crippen molar-refractivity contribution in [1.29, 1.82) is 0 Å². The molecule has 1 fully saturated rings. The summed E-state index contributed by atoms with van der Waals surface area (Å²) in [5.41, 5.74) is 1.76. The number of sulfonamides is 1. The van der Waals surface area contributed by atoms with Gasteiger partial charge >= 0.3 is 0 Å². The first-order valence-corrected chi connectivity index (χ1v) is 11.9. The first-order valence-electron chi connectivity index (χ1n) is 9.60. The highest BCUT2D eigenvalue weighted by Gasteiger charge is 2.26. The van der Waals surface area contributed by atoms with E-state index in [9.17, 15) is 17.6 Å². The topological polar surface area (TPSA) is 88.6 Å². The fraction of sp³-hybridized carbons (Fsp3) is 0.238. The van der Waals surface area contributed by atoms with Gasteiger partial charge in [0.2, 0.25) is 15.9 Å². The molecule has 1 saturated heterocycles. The Hall–Kier alpha value is -2.66. The van der Waals surface area contributed by atoms with Crippen LogP contribution in [0.4, 0.5) is 10.1 Å². The minimum atomic E-state index is -3.64. The zero-order valence-corrected chi connectivity index (χ0v) is 18.1. The van der Waals surface area contributed by atoms with Crippen LogP contribution in [0.15, 0.2) is 58.8 Å². The lowest BCUT2D eigenvalue weighted by molar-refractivity contribution is -0.115. The third-order valence-electron chi connectivity index (χ3n) is 4.71. The van der Waals surface area contributed by atoms with Gasteiger partial charge in [0.1, 0.15) is 10.8 Å². The SMILES string of the molecule is O=C(Cc1csc(-c2ccc(F)cc2)n1)Nc1cccc(S(=O)(=O)N2CCOCC2)c1. The molecule has 1 aromatic heterocycles. The molecule has 0 unspecified atom stereocenters. The van der Waals surface area contributed by atoms with Gasteiger partial charge in [0, 0.05) is 29.7 Å². The van der Waals surface area contributed by atoms with Crippen molar-refractivity contribution >= 4 is 33.0 Å². The maximum Gasteiger partial charge on any atom is 0.243 e. The smallest absolute Gasteiger partial charge is 0.243 e. The lowest BCUT2D eigenvalue weighted by atomic mass is 10.2. The Morgan fingerprint density at radius 2 is 1.90 bits per heavy atom. The number of benzene rings is 2. The van der Waals surface area contributed by atoms with E-state index in [1.165, 1.54) is 39.9 Å². The molecule has 10 heteroatoms. The largest absolute Gasteiger partial charge is 0.379 e. The van der Waals surface area contributed by atoms with Crippen molar-refractivity contribution in [1.82, 2.24) is 9.29 Å². The second-order valence-electron chi connectivity index (χ2n) is 6.92. The Bertz CT molecular complexity index is 1170. The zero-order chi connectivity index (χ0) is 21.8. The van der Waals surface area contributed by atoms with E-state index in [0.717, 1.165) is 5.56 Å². The molecule has 1 aliphatic rings. The van der Waals surface area contributed by atoms with Crippen molar-refractivity contribution in [3.63, 3.8) is 0 Å². The lowest BCUT2D eigenvalue weighted by Gasteiger charge is -2.26. The predicted octanol–water partition coefficient (Wildman–Crippen LogP) is 3.15. The van der Waals surface area contributed by atoms with Crippen molar-refractivity contribution in [2.24, 2.45) is 0 Å². The van der Waals surface area contributed by atoms with Gasteiger partial charge < -0.3 is 10.1 Å². The summed E-state index contributed by atoms with van der Waals surface area (Å²) >= 11 is 1.37. The number of aromatic nitrogens is 1. The van der Waals surface area contributed by atoms with E-state index in [2.05, 4.69) is 10.3 Å². The van der Waals surface area contributed by atoms with Crippen LogP contribution in [-0.2, 0) is 26.0 Å². The average molecular weight is 462 g/mol. The molecular formula is C21H20FN3O4S2. The number of nitrogens with zero attached hydrogens (tertiary/aromatic N) is 2. The highest BCUT2D eigenvalue weighted by Crippen LogP contribution is 2.25. The monoisotopic (exact) mass is 461 g/mol. The number of carbonyl (C=O) groups excluding carboxylic acids is 1. The van der Waals surface area contributed by atoms with Crippen molar-refractivity contribution in [2.75, 3.05) is 31.6 Å². The third kappa shape index (κ3) is 5.16. The number of halogens is 1. The van der Waals surface area contributed by atoms with E-state index in [1.54, 1.807) is 29.6 Å². The summed E-state index contributed by atoms with van der Waals surface area (Å²) in [4.78, 5) is 17.0. The van der Waals surface area contributed by atoms with E-state index in [-0.39, 0.29) is 23.0 Å². The number of anilines is 1. The number of amides is 1. The molecule has 2 heterocycles. The van der Waals surface area contributed by atoms with Gasteiger partial charge in [-0.3, -0.25) is 4.79 Å². The molecule has 162 valence electrons. The quantitative estimate of drug-likeness (QED) is 0.609. The Balaban J connectivity index is 1.42. The summed E-state index contributed by atoms with van der Waals surface area (Å²) in [6.45, 7) is 1.34. The van der Waals surface area contributed by atoms with Gasteiger partial charge in [-0.25, -0.2) is 17.8 Å². The molecule has 7 nitrogen and oxygen atoms in total. The fourth-order valence-electron chi connectivity index (χ4n) is 3.15. The molecule has 3 aromatic rings. The standard InChI is InChI=1S/C21H20FN3O4S2/c22-16-6-4-15(5-7-16)21-24-18(14-30-21)13-20(26)23-17-2-1-3-19(12-17)31(27,28)25-8-10-29-11-9-25/h1-7,12,14H,8-11,13H2,(H,23,26). The van der Waals surface area contributed by atoms with Gasteiger partial charge in [-0.05, 0) is 42.5 Å². The van der Waals surface area contributed by atoms with Crippen molar-refractivity contribution < 1.29 is 22.3 Å². The number of morpholine rings is 1. The number of thiazole rings is 1. The second kappa shape index (κ2) is 9.23. The highest BCUT2D eigenvalue weighted by atomic mass is 32.2. The third-order valence-corrected chi connectivity index (χ3v) is 7.55. The van der Waals surface area contributed by atoms with E-state index < -0.39 is 10.0 Å². The zero-order valence-electron chi connectivity index (χ0n) is 16.5. The van der Waals surface area contributed by atoms with Crippen LogP contribution in [0.1, 0.15) is 5.69 Å². The molecule has 0 radical (unpaired) electrons. The van der Waals surface area contributed by atoms with Crippen LogP contribution in [0.5, 0.6) is 0 Å². The Labute approximate surface area is 183 Å². The number of ether oxygens (including phenoxy) is 1. The second-order valence-corrected chi connectivity index (χ2v) is 9.72. The van der Waals surface area contributed by atoms with Crippen LogP contribution in [-0.4, -0.2) is 49.9 Å². The maximum atomic E-state index is 13.1. The lowest BCUT2D eigenvalue weighted by Crippen LogP contribution is -2.40. The van der Waals surface area contributed by atoms with Gasteiger partial charge in [-0.1, -0.05) is 6.07 Å². The van der Waals surface area contributed by atoms with Gasteiger partial charge in [-0.15, -0.1) is 11.3 Å². The van der Waals surface area contributed by atoms with Crippen LogP contribution in [0.25, 0.3) is 10.6 Å². The minimum absolute atomic E-state index is 0.0398. The molecule has 0 aliphatic carbocycles. The first kappa shape index (κ1) is 21.6. The maximum absolute atomic E-state index is 13.1. The summed E-state index contributed by atoms with van der Waals surface area (Å²) in [6, 6.07) is 12.2. The number of hydrogen-bond acceptors (Lipinski definition) is 6. The van der Waals surface area contributed by atoms with E-state index in [4.69, 9.17) is 4.74 Å².